The molecule has 6 nitrogen and oxygen atoms in total. The molecule has 0 radical (unpaired) electrons. The van der Waals surface area contributed by atoms with Crippen LogP contribution in [-0.4, -0.2) is 35.0 Å². The number of amides is 1. The number of ether oxygens (including phenoxy) is 1. The molecule has 8 heteroatoms. The molecule has 0 saturated carbocycles. The van der Waals surface area contributed by atoms with Crippen molar-refractivity contribution in [2.75, 3.05) is 7.11 Å². The number of nitriles is 1. The zero-order chi connectivity index (χ0) is 19.0. The van der Waals surface area contributed by atoms with Gasteiger partial charge in [-0.2, -0.15) is 5.26 Å². The van der Waals surface area contributed by atoms with Crippen molar-refractivity contribution in [3.05, 3.63) is 56.4 Å². The maximum Gasteiger partial charge on any atom is 0.307 e. The number of carbonyl (C=O) groups is 2. The molecule has 0 fully saturated rings. The van der Waals surface area contributed by atoms with Crippen LogP contribution in [-0.2, 0) is 9.53 Å². The summed E-state index contributed by atoms with van der Waals surface area (Å²) in [6, 6.07) is 2.84. The smallest absolute Gasteiger partial charge is 0.307 e. The molecule has 1 amide bonds. The third-order valence-corrected chi connectivity index (χ3v) is 5.31. The monoisotopic (exact) mass is 374 g/mol. The lowest BCUT2D eigenvalue weighted by molar-refractivity contribution is -0.136. The fourth-order valence-corrected chi connectivity index (χ4v) is 4.01. The Morgan fingerprint density at radius 3 is 2.85 bits per heavy atom. The number of thiophene rings is 1. The van der Waals surface area contributed by atoms with Crippen LogP contribution in [0.1, 0.15) is 35.0 Å². The van der Waals surface area contributed by atoms with Crippen LogP contribution < -0.4 is 0 Å². The molecule has 1 aliphatic carbocycles. The molecule has 1 atom stereocenters. The maximum absolute atomic E-state index is 14.9. The van der Waals surface area contributed by atoms with Gasteiger partial charge in [0.1, 0.15) is 10.9 Å². The number of fused-ring (bicyclic) bond motifs is 1. The normalized spacial score (nSPS) is 19.2. The van der Waals surface area contributed by atoms with Crippen molar-refractivity contribution in [2.24, 2.45) is 0 Å². The van der Waals surface area contributed by atoms with Crippen LogP contribution in [0.15, 0.2) is 46.0 Å². The Morgan fingerprint density at radius 2 is 2.27 bits per heavy atom. The van der Waals surface area contributed by atoms with Crippen molar-refractivity contribution in [3.63, 3.8) is 0 Å². The number of carboxylic acids is 1. The fourth-order valence-electron chi connectivity index (χ4n) is 3.33. The van der Waals surface area contributed by atoms with Gasteiger partial charge >= 0.3 is 5.97 Å². The molecule has 134 valence electrons. The quantitative estimate of drug-likeness (QED) is 0.873. The molecule has 0 saturated heterocycles. The van der Waals surface area contributed by atoms with Gasteiger partial charge in [0.15, 0.2) is 11.6 Å². The molecule has 1 aliphatic heterocycles. The number of nitrogens with zero attached hydrogens (tertiary/aromatic N) is 2. The molecular formula is C18H15FN2O4S. The van der Waals surface area contributed by atoms with Gasteiger partial charge in [-0.3, -0.25) is 9.59 Å². The number of rotatable bonds is 4. The minimum absolute atomic E-state index is 0.0449. The maximum atomic E-state index is 14.9. The second-order valence-corrected chi connectivity index (χ2v) is 6.78. The van der Waals surface area contributed by atoms with Crippen molar-refractivity contribution in [2.45, 2.75) is 25.8 Å². The molecule has 1 N–H and O–H groups in total. The lowest BCUT2D eigenvalue weighted by Gasteiger charge is -2.28. The number of allylic oxidation sites excluding steroid dienone is 2. The van der Waals surface area contributed by atoms with Crippen LogP contribution in [0.5, 0.6) is 0 Å². The third-order valence-electron chi connectivity index (χ3n) is 4.47. The zero-order valence-corrected chi connectivity index (χ0v) is 14.9. The van der Waals surface area contributed by atoms with Crippen LogP contribution in [0.2, 0.25) is 0 Å². The fraction of sp³-hybridized carbons (Fsp3) is 0.278. The van der Waals surface area contributed by atoms with Gasteiger partial charge in [0.2, 0.25) is 0 Å². The first-order valence-electron chi connectivity index (χ1n) is 7.77. The van der Waals surface area contributed by atoms with Gasteiger partial charge in [0, 0.05) is 16.7 Å². The summed E-state index contributed by atoms with van der Waals surface area (Å²) in [5.74, 6) is -2.09. The van der Waals surface area contributed by atoms with E-state index in [0.717, 1.165) is 11.3 Å². The first kappa shape index (κ1) is 17.9. The second kappa shape index (κ2) is 6.77. The van der Waals surface area contributed by atoms with Crippen molar-refractivity contribution in [1.29, 1.82) is 5.26 Å². The van der Waals surface area contributed by atoms with E-state index >= 15 is 0 Å². The first-order chi connectivity index (χ1) is 12.4. The number of carboxylic acid groups (broad SMARTS) is 1. The van der Waals surface area contributed by atoms with E-state index in [1.54, 1.807) is 18.4 Å². The summed E-state index contributed by atoms with van der Waals surface area (Å²) < 4.78 is 19.9. The summed E-state index contributed by atoms with van der Waals surface area (Å²) in [6.07, 6.45) is 1.47. The second-order valence-electron chi connectivity index (χ2n) is 5.87. The molecule has 0 spiro atoms. The van der Waals surface area contributed by atoms with E-state index < -0.39 is 17.8 Å². The Bertz CT molecular complexity index is 935. The van der Waals surface area contributed by atoms with Crippen molar-refractivity contribution in [3.8, 4) is 6.07 Å². The van der Waals surface area contributed by atoms with E-state index in [9.17, 15) is 19.1 Å². The Morgan fingerprint density at radius 1 is 1.54 bits per heavy atom. The number of halogens is 1. The third kappa shape index (κ3) is 2.80. The molecule has 26 heavy (non-hydrogen) atoms. The van der Waals surface area contributed by atoms with Gasteiger partial charge in [0.05, 0.1) is 25.1 Å². The summed E-state index contributed by atoms with van der Waals surface area (Å²) in [6.45, 7) is 1.61. The molecule has 0 bridgehead atoms. The van der Waals surface area contributed by atoms with Gasteiger partial charge in [-0.25, -0.2) is 4.39 Å². The average molecular weight is 374 g/mol. The van der Waals surface area contributed by atoms with E-state index in [1.165, 1.54) is 18.1 Å². The molecule has 0 aromatic carbocycles. The van der Waals surface area contributed by atoms with Gasteiger partial charge in [-0.15, -0.1) is 11.3 Å². The van der Waals surface area contributed by atoms with E-state index in [2.05, 4.69) is 0 Å². The number of carbonyl (C=O) groups excluding carboxylic acids is 1. The van der Waals surface area contributed by atoms with E-state index in [4.69, 9.17) is 10.00 Å². The SMILES string of the molecule is COC1=CCC2C(=C1F)C(CC(=O)O)=C(C)N2C(=O)c1csc(C#N)c1. The van der Waals surface area contributed by atoms with Crippen LogP contribution in [0, 0.1) is 11.3 Å². The average Bonchev–Trinajstić information content (AvgIpc) is 3.18. The Labute approximate surface area is 153 Å². The molecule has 2 heterocycles. The minimum atomic E-state index is -1.11. The van der Waals surface area contributed by atoms with Crippen LogP contribution in [0.4, 0.5) is 4.39 Å². The topological polar surface area (TPSA) is 90.6 Å². The molecule has 2 aliphatic rings. The Kier molecular flexibility index (Phi) is 4.66. The number of methoxy groups -OCH3 is 1. The highest BCUT2D eigenvalue weighted by Crippen LogP contribution is 2.44. The molecule has 1 aromatic rings. The molecule has 3 rings (SSSR count). The number of hydrogen-bond acceptors (Lipinski definition) is 5. The molecule has 1 unspecified atom stereocenters. The molecular weight excluding hydrogens is 359 g/mol. The Hall–Kier alpha value is -2.92. The van der Waals surface area contributed by atoms with E-state index in [0.29, 0.717) is 22.6 Å². The zero-order valence-electron chi connectivity index (χ0n) is 14.1. The van der Waals surface area contributed by atoms with Gasteiger partial charge < -0.3 is 14.7 Å². The number of hydrogen-bond donors (Lipinski definition) is 1. The molecule has 1 aromatic heterocycles. The van der Waals surface area contributed by atoms with Crippen LogP contribution in [0.3, 0.4) is 0 Å². The van der Waals surface area contributed by atoms with Crippen LogP contribution in [0.25, 0.3) is 0 Å². The van der Waals surface area contributed by atoms with Gasteiger partial charge in [0.25, 0.3) is 5.91 Å². The highest BCUT2D eigenvalue weighted by molar-refractivity contribution is 7.10. The summed E-state index contributed by atoms with van der Waals surface area (Å²) in [5, 5.41) is 19.7. The lowest BCUT2D eigenvalue weighted by Crippen LogP contribution is -2.36. The standard InChI is InChI=1S/C18H15FN2O4S/c1-9-12(6-15(22)23)16-13(3-4-14(25-2)17(16)19)21(9)18(24)10-5-11(7-20)26-8-10/h4-5,8,13H,3,6H2,1-2H3,(H,22,23). The summed E-state index contributed by atoms with van der Waals surface area (Å²) in [4.78, 5) is 26.0. The van der Waals surface area contributed by atoms with Gasteiger partial charge in [-0.05, 0) is 31.1 Å². The van der Waals surface area contributed by atoms with Crippen molar-refractivity contribution >= 4 is 23.2 Å². The van der Waals surface area contributed by atoms with E-state index in [1.807, 2.05) is 6.07 Å². The first-order valence-corrected chi connectivity index (χ1v) is 8.65. The van der Waals surface area contributed by atoms with Crippen molar-refractivity contribution < 1.29 is 23.8 Å². The van der Waals surface area contributed by atoms with Crippen LogP contribution >= 0.6 is 11.3 Å². The van der Waals surface area contributed by atoms with Crippen molar-refractivity contribution in [1.82, 2.24) is 4.90 Å². The highest BCUT2D eigenvalue weighted by Gasteiger charge is 2.43. The predicted molar refractivity (Wildman–Crippen MR) is 91.8 cm³/mol. The lowest BCUT2D eigenvalue weighted by atomic mass is 9.91. The summed E-state index contributed by atoms with van der Waals surface area (Å²) >= 11 is 1.15. The number of aliphatic carboxylic acids is 1. The minimum Gasteiger partial charge on any atom is -0.494 e. The Balaban J connectivity index is 2.08. The van der Waals surface area contributed by atoms with Gasteiger partial charge in [-0.1, -0.05) is 0 Å². The van der Waals surface area contributed by atoms with E-state index in [-0.39, 0.29) is 29.2 Å². The largest absolute Gasteiger partial charge is 0.494 e. The summed E-state index contributed by atoms with van der Waals surface area (Å²) in [5.41, 5.74) is 1.20. The summed E-state index contributed by atoms with van der Waals surface area (Å²) in [7, 11) is 1.34. The predicted octanol–water partition coefficient (Wildman–Crippen LogP) is 3.35. The highest BCUT2D eigenvalue weighted by atomic mass is 32.1.